The van der Waals surface area contributed by atoms with E-state index in [9.17, 15) is 43.5 Å². The molecule has 5 unspecified atom stereocenters. The van der Waals surface area contributed by atoms with Crippen molar-refractivity contribution in [2.75, 3.05) is 39.6 Å². The number of carbonyl (C=O) groups is 3. The van der Waals surface area contributed by atoms with E-state index in [1.807, 2.05) is 0 Å². The normalized spacial score (nSPS) is 15.0. The fourth-order valence-corrected chi connectivity index (χ4v) is 9.83. The van der Waals surface area contributed by atoms with Gasteiger partial charge >= 0.3 is 33.6 Å². The number of esters is 3. The second-order valence-corrected chi connectivity index (χ2v) is 24.4. The molecule has 5 atom stereocenters. The van der Waals surface area contributed by atoms with Crippen molar-refractivity contribution in [1.29, 1.82) is 0 Å². The predicted octanol–water partition coefficient (Wildman–Crippen LogP) is 17.5. The highest BCUT2D eigenvalue weighted by Gasteiger charge is 2.29. The number of hydrogen-bond donors (Lipinski definition) is 4. The summed E-state index contributed by atoms with van der Waals surface area (Å²) in [5.41, 5.74) is 0. The third kappa shape index (κ3) is 61.9. The number of hydrogen-bond acceptors (Lipinski definition) is 14. The second-order valence-electron chi connectivity index (χ2n) is 21.5. The molecule has 4 N–H and O–H groups in total. The van der Waals surface area contributed by atoms with Crippen LogP contribution in [0.15, 0.2) is 97.2 Å². The van der Waals surface area contributed by atoms with Gasteiger partial charge in [-0.3, -0.25) is 32.5 Å². The summed E-state index contributed by atoms with van der Waals surface area (Å²) in [6.07, 6.45) is 64.9. The Balaban J connectivity index is 4.44. The molecule has 0 spiro atoms. The number of unbranched alkanes of at least 4 members (excludes halogenated alkanes) is 22. The molecule has 0 aliphatic carbocycles. The SMILES string of the molecule is CC/C=C\C/C=C\C/C=C\C/C=C\C/C=C\C/C=C\CCCCCCCCCCC(=O)OCC(O)COP(=O)(O)OCC(O)COP(=O)(O)OCC(COC(=O)CCCCCCC/C=C\CCCC)OC(=O)CCCCCCC/C=C\CCCC. The van der Waals surface area contributed by atoms with Crippen LogP contribution in [0.25, 0.3) is 0 Å². The number of rotatable bonds is 61. The Labute approximate surface area is 514 Å². The van der Waals surface area contributed by atoms with Crippen molar-refractivity contribution in [3.63, 3.8) is 0 Å². The molecule has 0 aromatic carbocycles. The lowest BCUT2D eigenvalue weighted by Crippen LogP contribution is -2.30. The van der Waals surface area contributed by atoms with Gasteiger partial charge in [-0.05, 0) is 109 Å². The monoisotopic (exact) mass is 1240 g/mol. The molecule has 85 heavy (non-hydrogen) atoms. The molecule has 0 bridgehead atoms. The first-order chi connectivity index (χ1) is 41.2. The fourth-order valence-electron chi connectivity index (χ4n) is 8.24. The van der Waals surface area contributed by atoms with Gasteiger partial charge in [0.25, 0.3) is 0 Å². The van der Waals surface area contributed by atoms with Crippen LogP contribution in [-0.4, -0.2) is 95.9 Å². The van der Waals surface area contributed by atoms with Gasteiger partial charge in [0.05, 0.1) is 26.4 Å². The molecule has 0 aliphatic heterocycles. The van der Waals surface area contributed by atoms with Crippen LogP contribution in [0.3, 0.4) is 0 Å². The minimum Gasteiger partial charge on any atom is -0.463 e. The average Bonchev–Trinajstić information content (AvgIpc) is 3.55. The number of carbonyl (C=O) groups excluding carboxylic acids is 3. The van der Waals surface area contributed by atoms with Crippen molar-refractivity contribution in [3.8, 4) is 0 Å². The maximum Gasteiger partial charge on any atom is 0.472 e. The molecule has 0 aliphatic rings. The van der Waals surface area contributed by atoms with Gasteiger partial charge in [0.1, 0.15) is 25.4 Å². The summed E-state index contributed by atoms with van der Waals surface area (Å²) >= 11 is 0. The van der Waals surface area contributed by atoms with Crippen LogP contribution >= 0.6 is 15.6 Å². The van der Waals surface area contributed by atoms with E-state index in [0.29, 0.717) is 19.3 Å². The summed E-state index contributed by atoms with van der Waals surface area (Å²) < 4.78 is 60.6. The summed E-state index contributed by atoms with van der Waals surface area (Å²) in [7, 11) is -9.76. The average molecular weight is 1240 g/mol. The molecule has 18 heteroatoms. The first-order valence-corrected chi connectivity index (χ1v) is 35.5. The molecule has 0 aromatic rings. The Bertz CT molecular complexity index is 1940. The van der Waals surface area contributed by atoms with Crippen molar-refractivity contribution >= 4 is 33.6 Å². The zero-order valence-electron chi connectivity index (χ0n) is 52.8. The van der Waals surface area contributed by atoms with Crippen molar-refractivity contribution in [1.82, 2.24) is 0 Å². The quantitative estimate of drug-likeness (QED) is 0.0146. The van der Waals surface area contributed by atoms with Crippen LogP contribution in [0, 0.1) is 0 Å². The van der Waals surface area contributed by atoms with Crippen molar-refractivity contribution < 1.29 is 75.8 Å². The molecular formula is C67H116O16P2. The number of aliphatic hydroxyl groups excluding tert-OH is 2. The molecule has 0 aromatic heterocycles. The third-order valence-corrected chi connectivity index (χ3v) is 15.2. The molecule has 0 amide bonds. The highest BCUT2D eigenvalue weighted by Crippen LogP contribution is 2.45. The van der Waals surface area contributed by atoms with E-state index < -0.39 is 91.5 Å². The van der Waals surface area contributed by atoms with Gasteiger partial charge in [-0.25, -0.2) is 9.13 Å². The van der Waals surface area contributed by atoms with E-state index in [1.165, 1.54) is 44.9 Å². The zero-order chi connectivity index (χ0) is 62.4. The first-order valence-electron chi connectivity index (χ1n) is 32.5. The van der Waals surface area contributed by atoms with Crippen molar-refractivity contribution in [2.24, 2.45) is 0 Å². The summed E-state index contributed by atoms with van der Waals surface area (Å²) in [6.45, 7) is 2.42. The Morgan fingerprint density at radius 1 is 0.341 bits per heavy atom. The summed E-state index contributed by atoms with van der Waals surface area (Å²) in [6, 6.07) is 0. The van der Waals surface area contributed by atoms with Crippen LogP contribution < -0.4 is 0 Å². The predicted molar refractivity (Wildman–Crippen MR) is 344 cm³/mol. The number of allylic oxidation sites excluding steroid dienone is 16. The molecular weight excluding hydrogens is 1120 g/mol. The number of aliphatic hydroxyl groups is 2. The number of phosphoric ester groups is 2. The molecule has 0 fully saturated rings. The van der Waals surface area contributed by atoms with Crippen LogP contribution in [-0.2, 0) is 55.8 Å². The molecule has 0 saturated heterocycles. The highest BCUT2D eigenvalue weighted by atomic mass is 31.2. The minimum atomic E-state index is -4.92. The van der Waals surface area contributed by atoms with Gasteiger partial charge in [-0.2, -0.15) is 0 Å². The highest BCUT2D eigenvalue weighted by molar-refractivity contribution is 7.47. The van der Waals surface area contributed by atoms with Crippen LogP contribution in [0.1, 0.15) is 252 Å². The summed E-state index contributed by atoms with van der Waals surface area (Å²) in [5.74, 6) is -1.61. The van der Waals surface area contributed by atoms with Gasteiger partial charge in [0, 0.05) is 19.3 Å². The van der Waals surface area contributed by atoms with Crippen molar-refractivity contribution in [3.05, 3.63) is 97.2 Å². The lowest BCUT2D eigenvalue weighted by atomic mass is 10.1. The number of ether oxygens (including phenoxy) is 3. The van der Waals surface area contributed by atoms with Gasteiger partial charge in [-0.1, -0.05) is 221 Å². The van der Waals surface area contributed by atoms with Gasteiger partial charge < -0.3 is 34.2 Å². The molecule has 0 heterocycles. The van der Waals surface area contributed by atoms with Gasteiger partial charge in [0.2, 0.25) is 0 Å². The lowest BCUT2D eigenvalue weighted by molar-refractivity contribution is -0.161. The maximum atomic E-state index is 12.8. The van der Waals surface area contributed by atoms with Gasteiger partial charge in [0.15, 0.2) is 6.10 Å². The fraction of sp³-hybridized carbons (Fsp3) is 0.716. The maximum absolute atomic E-state index is 12.8. The van der Waals surface area contributed by atoms with Crippen LogP contribution in [0.2, 0.25) is 0 Å². The summed E-state index contributed by atoms with van der Waals surface area (Å²) in [5, 5.41) is 20.5. The van der Waals surface area contributed by atoms with Crippen molar-refractivity contribution in [2.45, 2.75) is 270 Å². The van der Waals surface area contributed by atoms with Gasteiger partial charge in [-0.15, -0.1) is 0 Å². The van der Waals surface area contributed by atoms with Crippen LogP contribution in [0.5, 0.6) is 0 Å². The molecule has 0 saturated carbocycles. The Morgan fingerprint density at radius 2 is 0.624 bits per heavy atom. The van der Waals surface area contributed by atoms with E-state index in [-0.39, 0.29) is 19.3 Å². The standard InChI is InChI=1S/C67H116O16P2/c1-4-7-10-13-16-19-22-23-24-25-26-27-28-29-30-31-32-33-34-35-36-37-40-42-44-47-50-53-65(70)77-56-62(68)57-79-84(73,74)80-58-63(69)59-81-85(75,76)82-61-64(83-67(72)55-52-49-46-43-39-21-18-15-12-9-6-3)60-78-66(71)54-51-48-45-41-38-20-17-14-11-8-5-2/h7,10,14-19,23-24,26-27,29-30,32-33,62-64,68-69H,4-6,8-9,11-13,20-22,25,28,31,34-61H2,1-3H3,(H,73,74)(H,75,76)/b10-7-,17-14-,18-15-,19-16-,24-23-,27-26-,30-29-,33-32-. The Morgan fingerprint density at radius 3 is 1.00 bits per heavy atom. The van der Waals surface area contributed by atoms with E-state index in [1.54, 1.807) is 0 Å². The zero-order valence-corrected chi connectivity index (χ0v) is 54.5. The van der Waals surface area contributed by atoms with Crippen LogP contribution in [0.4, 0.5) is 0 Å². The Kier molecular flexibility index (Phi) is 58.2. The smallest absolute Gasteiger partial charge is 0.463 e. The molecule has 0 radical (unpaired) electrons. The molecule has 16 nitrogen and oxygen atoms in total. The third-order valence-electron chi connectivity index (χ3n) is 13.3. The number of phosphoric acid groups is 2. The summed E-state index contributed by atoms with van der Waals surface area (Å²) in [4.78, 5) is 58.1. The molecule has 490 valence electrons. The molecule has 0 rings (SSSR count). The second kappa shape index (κ2) is 60.7. The van der Waals surface area contributed by atoms with E-state index in [0.717, 1.165) is 148 Å². The lowest BCUT2D eigenvalue weighted by Gasteiger charge is -2.21. The minimum absolute atomic E-state index is 0.0928. The topological polar surface area (TPSA) is 231 Å². The van der Waals surface area contributed by atoms with E-state index in [4.69, 9.17) is 32.3 Å². The van der Waals surface area contributed by atoms with E-state index >= 15 is 0 Å². The largest absolute Gasteiger partial charge is 0.472 e. The Hall–Kier alpha value is -3.53. The first kappa shape index (κ1) is 81.5. The van der Waals surface area contributed by atoms with E-state index in [2.05, 4.69) is 118 Å².